The van der Waals surface area contributed by atoms with Gasteiger partial charge < -0.3 is 20.7 Å². The van der Waals surface area contributed by atoms with Crippen LogP contribution in [0.1, 0.15) is 20.7 Å². The van der Waals surface area contributed by atoms with E-state index in [1.54, 1.807) is 0 Å². The summed E-state index contributed by atoms with van der Waals surface area (Å²) in [6.07, 6.45) is 0. The SMILES string of the molecule is O=C([O-])c1cc(Cl)c(Cl)cc1C(=O)O.[NH3+]c1ccc(Cl)cc1. The van der Waals surface area contributed by atoms with Gasteiger partial charge in [0.15, 0.2) is 0 Å². The molecule has 0 unspecified atom stereocenters. The number of carboxylic acids is 2. The molecule has 0 heterocycles. The first-order valence-electron chi connectivity index (χ1n) is 5.73. The molecule has 0 spiro atoms. The number of carboxylic acid groups (broad SMARTS) is 2. The van der Waals surface area contributed by atoms with E-state index in [4.69, 9.17) is 39.9 Å². The van der Waals surface area contributed by atoms with Crippen molar-refractivity contribution in [1.29, 1.82) is 0 Å². The number of aromatic carboxylic acids is 2. The van der Waals surface area contributed by atoms with Gasteiger partial charge in [0.25, 0.3) is 0 Å². The minimum Gasteiger partial charge on any atom is -0.545 e. The van der Waals surface area contributed by atoms with E-state index in [0.29, 0.717) is 0 Å². The van der Waals surface area contributed by atoms with Gasteiger partial charge >= 0.3 is 5.97 Å². The van der Waals surface area contributed by atoms with Crippen LogP contribution in [-0.4, -0.2) is 17.0 Å². The van der Waals surface area contributed by atoms with Gasteiger partial charge in [0.05, 0.1) is 21.6 Å². The Morgan fingerprint density at radius 1 is 0.955 bits per heavy atom. The lowest BCUT2D eigenvalue weighted by Crippen LogP contribution is -2.39. The molecule has 4 N–H and O–H groups in total. The van der Waals surface area contributed by atoms with Crippen LogP contribution in [0.5, 0.6) is 0 Å². The van der Waals surface area contributed by atoms with Crippen molar-refractivity contribution >= 4 is 52.4 Å². The Labute approximate surface area is 140 Å². The van der Waals surface area contributed by atoms with Gasteiger partial charge in [-0.05, 0) is 24.3 Å². The number of hydrogen-bond acceptors (Lipinski definition) is 3. The molecule has 8 heteroatoms. The van der Waals surface area contributed by atoms with Gasteiger partial charge in [-0.25, -0.2) is 4.79 Å². The van der Waals surface area contributed by atoms with Gasteiger partial charge in [-0.1, -0.05) is 34.8 Å². The van der Waals surface area contributed by atoms with E-state index in [2.05, 4.69) is 5.73 Å². The van der Waals surface area contributed by atoms with E-state index in [1.165, 1.54) is 0 Å². The Bertz CT molecular complexity index is 642. The first-order valence-corrected chi connectivity index (χ1v) is 6.87. The highest BCUT2D eigenvalue weighted by Crippen LogP contribution is 2.25. The maximum absolute atomic E-state index is 10.6. The lowest BCUT2D eigenvalue weighted by atomic mass is 10.1. The van der Waals surface area contributed by atoms with Gasteiger partial charge in [0.2, 0.25) is 0 Å². The summed E-state index contributed by atoms with van der Waals surface area (Å²) in [5.74, 6) is -3.01. The molecule has 0 aliphatic carbocycles. The normalized spacial score (nSPS) is 9.64. The van der Waals surface area contributed by atoms with E-state index >= 15 is 0 Å². The molecular formula is C14H10Cl3NO4. The summed E-state index contributed by atoms with van der Waals surface area (Å²) in [4.78, 5) is 21.1. The predicted octanol–water partition coefficient (Wildman–Crippen LogP) is 2.27. The maximum Gasteiger partial charge on any atom is 0.336 e. The van der Waals surface area contributed by atoms with E-state index in [1.807, 2.05) is 24.3 Å². The lowest BCUT2D eigenvalue weighted by molar-refractivity contribution is -0.255. The van der Waals surface area contributed by atoms with Crippen molar-refractivity contribution in [3.05, 3.63) is 62.6 Å². The topological polar surface area (TPSA) is 105 Å². The number of hydrogen-bond donors (Lipinski definition) is 2. The van der Waals surface area contributed by atoms with Gasteiger partial charge in [0, 0.05) is 22.7 Å². The van der Waals surface area contributed by atoms with Crippen LogP contribution >= 0.6 is 34.8 Å². The smallest absolute Gasteiger partial charge is 0.336 e. The van der Waals surface area contributed by atoms with Crippen molar-refractivity contribution in [3.63, 3.8) is 0 Å². The first-order chi connectivity index (χ1) is 10.2. The average Bonchev–Trinajstić information content (AvgIpc) is 2.45. The van der Waals surface area contributed by atoms with Crippen molar-refractivity contribution in [2.45, 2.75) is 0 Å². The fourth-order valence-electron chi connectivity index (χ4n) is 1.38. The molecule has 0 saturated heterocycles. The number of rotatable bonds is 2. The number of benzene rings is 2. The zero-order valence-corrected chi connectivity index (χ0v) is 13.2. The van der Waals surface area contributed by atoms with Crippen molar-refractivity contribution in [1.82, 2.24) is 0 Å². The number of halogens is 3. The summed E-state index contributed by atoms with van der Waals surface area (Å²) in [7, 11) is 0. The third kappa shape index (κ3) is 5.20. The molecule has 0 amide bonds. The van der Waals surface area contributed by atoms with Crippen molar-refractivity contribution in [2.75, 3.05) is 0 Å². The highest BCUT2D eigenvalue weighted by atomic mass is 35.5. The molecule has 0 atom stereocenters. The molecule has 22 heavy (non-hydrogen) atoms. The van der Waals surface area contributed by atoms with Gasteiger partial charge in [-0.15, -0.1) is 0 Å². The molecule has 2 aromatic carbocycles. The Morgan fingerprint density at radius 2 is 1.41 bits per heavy atom. The Kier molecular flexibility index (Phi) is 6.64. The molecule has 0 fully saturated rings. The molecule has 0 saturated carbocycles. The lowest BCUT2D eigenvalue weighted by Gasteiger charge is -2.08. The fraction of sp³-hybridized carbons (Fsp3) is 0. The number of quaternary nitrogens is 1. The second kappa shape index (κ2) is 8.00. The average molecular weight is 363 g/mol. The van der Waals surface area contributed by atoms with E-state index < -0.39 is 23.1 Å². The van der Waals surface area contributed by atoms with Gasteiger partial charge in [-0.2, -0.15) is 0 Å². The third-order valence-electron chi connectivity index (χ3n) is 2.42. The molecule has 5 nitrogen and oxygen atoms in total. The first kappa shape index (κ1) is 18.3. The van der Waals surface area contributed by atoms with Gasteiger partial charge in [0.1, 0.15) is 5.69 Å². The van der Waals surface area contributed by atoms with E-state index in [9.17, 15) is 14.7 Å². The minimum atomic E-state index is -1.61. The summed E-state index contributed by atoms with van der Waals surface area (Å²) in [6.45, 7) is 0. The van der Waals surface area contributed by atoms with Crippen LogP contribution in [0.4, 0.5) is 5.69 Å². The van der Waals surface area contributed by atoms with Crippen LogP contribution in [0, 0.1) is 0 Å². The van der Waals surface area contributed by atoms with Gasteiger partial charge in [-0.3, -0.25) is 0 Å². The Hall–Kier alpha value is -1.79. The Balaban J connectivity index is 0.000000255. The third-order valence-corrected chi connectivity index (χ3v) is 3.40. The number of carbonyl (C=O) groups excluding carboxylic acids is 1. The quantitative estimate of drug-likeness (QED) is 0.854. The van der Waals surface area contributed by atoms with Crippen molar-refractivity contribution in [2.24, 2.45) is 0 Å². The highest BCUT2D eigenvalue weighted by Gasteiger charge is 2.13. The number of carbonyl (C=O) groups is 2. The summed E-state index contributed by atoms with van der Waals surface area (Å²) in [5, 5.41) is 19.9. The molecule has 0 radical (unpaired) electrons. The van der Waals surface area contributed by atoms with Crippen molar-refractivity contribution in [3.8, 4) is 0 Å². The zero-order valence-electron chi connectivity index (χ0n) is 11.0. The monoisotopic (exact) mass is 361 g/mol. The summed E-state index contributed by atoms with van der Waals surface area (Å²) in [5.41, 5.74) is 3.76. The molecule has 0 aliphatic heterocycles. The van der Waals surface area contributed by atoms with Crippen LogP contribution in [0.15, 0.2) is 36.4 Å². The zero-order chi connectivity index (χ0) is 16.9. The standard InChI is InChI=1S/C8H4Cl2O4.C6H6ClN/c9-5-1-3(7(11)12)4(8(13)14)2-6(5)10;7-5-1-3-6(8)4-2-5/h1-2H,(H,11,12)(H,13,14);1-4H,8H2. The fourth-order valence-corrected chi connectivity index (χ4v) is 1.83. The largest absolute Gasteiger partial charge is 0.545 e. The molecule has 2 aromatic rings. The summed E-state index contributed by atoms with van der Waals surface area (Å²) < 4.78 is 0. The second-order valence-corrected chi connectivity index (χ2v) is 5.28. The van der Waals surface area contributed by atoms with Crippen LogP contribution in [0.25, 0.3) is 0 Å². The molecule has 0 bridgehead atoms. The van der Waals surface area contributed by atoms with Crippen LogP contribution in [-0.2, 0) is 0 Å². The molecule has 0 aliphatic rings. The van der Waals surface area contributed by atoms with Crippen molar-refractivity contribution < 1.29 is 25.5 Å². The van der Waals surface area contributed by atoms with E-state index in [-0.39, 0.29) is 10.0 Å². The Morgan fingerprint density at radius 3 is 1.77 bits per heavy atom. The predicted molar refractivity (Wildman–Crippen MR) is 81.8 cm³/mol. The van der Waals surface area contributed by atoms with Crippen LogP contribution in [0.3, 0.4) is 0 Å². The second-order valence-electron chi connectivity index (χ2n) is 4.03. The minimum absolute atomic E-state index is 0.0194. The highest BCUT2D eigenvalue weighted by molar-refractivity contribution is 6.42. The molecule has 116 valence electrons. The van der Waals surface area contributed by atoms with Crippen LogP contribution < -0.4 is 10.8 Å². The summed E-state index contributed by atoms with van der Waals surface area (Å²) >= 11 is 16.6. The molecule has 0 aromatic heterocycles. The maximum atomic E-state index is 10.6. The van der Waals surface area contributed by atoms with Crippen LogP contribution in [0.2, 0.25) is 15.1 Å². The summed E-state index contributed by atoms with van der Waals surface area (Å²) in [6, 6.07) is 9.32. The molecule has 2 rings (SSSR count). The molecular weight excluding hydrogens is 353 g/mol. The van der Waals surface area contributed by atoms with E-state index in [0.717, 1.165) is 22.8 Å².